The van der Waals surface area contributed by atoms with Gasteiger partial charge in [-0.1, -0.05) is 30.9 Å². The van der Waals surface area contributed by atoms with Gasteiger partial charge in [0.05, 0.1) is 11.9 Å². The van der Waals surface area contributed by atoms with E-state index >= 15 is 0 Å². The van der Waals surface area contributed by atoms with Crippen molar-refractivity contribution < 1.29 is 14.7 Å². The molecule has 0 radical (unpaired) electrons. The van der Waals surface area contributed by atoms with Crippen molar-refractivity contribution in [3.05, 3.63) is 0 Å². The molecule has 102 valence electrons. The van der Waals surface area contributed by atoms with Crippen LogP contribution in [0.4, 0.5) is 0 Å². The molecule has 7 heteroatoms. The van der Waals surface area contributed by atoms with Gasteiger partial charge in [0, 0.05) is 19.5 Å². The van der Waals surface area contributed by atoms with Gasteiger partial charge in [-0.2, -0.15) is 0 Å². The zero-order chi connectivity index (χ0) is 13.5. The van der Waals surface area contributed by atoms with Crippen molar-refractivity contribution in [3.63, 3.8) is 0 Å². The molecule has 0 bridgehead atoms. The molecule has 1 aliphatic heterocycles. The average molecular weight is 290 g/mol. The molecule has 1 heterocycles. The number of thioether (sulfide) groups is 1. The molecule has 18 heavy (non-hydrogen) atoms. The molecule has 0 aromatic heterocycles. The summed E-state index contributed by atoms with van der Waals surface area (Å²) in [5.41, 5.74) is 0. The molecule has 0 aliphatic carbocycles. The van der Waals surface area contributed by atoms with E-state index in [-0.39, 0.29) is 30.2 Å². The summed E-state index contributed by atoms with van der Waals surface area (Å²) >= 11 is 6.57. The highest BCUT2D eigenvalue weighted by molar-refractivity contribution is 8.24. The Kier molecular flexibility index (Phi) is 6.59. The first-order valence-corrected chi connectivity index (χ1v) is 7.28. The monoisotopic (exact) mass is 290 g/mol. The molecule has 2 amide bonds. The fourth-order valence-corrected chi connectivity index (χ4v) is 3.12. The summed E-state index contributed by atoms with van der Waals surface area (Å²) < 4.78 is 0.614. The van der Waals surface area contributed by atoms with Crippen LogP contribution >= 0.6 is 24.0 Å². The smallest absolute Gasteiger partial charge is 0.241 e. The van der Waals surface area contributed by atoms with Gasteiger partial charge in [0.2, 0.25) is 11.8 Å². The highest BCUT2D eigenvalue weighted by Gasteiger charge is 2.34. The van der Waals surface area contributed by atoms with Crippen LogP contribution in [0.5, 0.6) is 0 Å². The highest BCUT2D eigenvalue weighted by atomic mass is 32.2. The number of rotatable bonds is 7. The first kappa shape index (κ1) is 15.4. The number of amides is 2. The SMILES string of the molecule is CCC1SC(=S)N(CCCC(=O)NCCO)C1=O. The van der Waals surface area contributed by atoms with Crippen LogP contribution in [0, 0.1) is 0 Å². The maximum Gasteiger partial charge on any atom is 0.241 e. The molecule has 5 nitrogen and oxygen atoms in total. The summed E-state index contributed by atoms with van der Waals surface area (Å²) in [4.78, 5) is 24.8. The Bertz CT molecular complexity index is 336. The van der Waals surface area contributed by atoms with E-state index in [1.54, 1.807) is 4.90 Å². The number of aliphatic hydroxyl groups excluding tert-OH is 1. The maximum atomic E-state index is 11.9. The zero-order valence-corrected chi connectivity index (χ0v) is 12.0. The minimum atomic E-state index is -0.110. The fraction of sp³-hybridized carbons (Fsp3) is 0.727. The zero-order valence-electron chi connectivity index (χ0n) is 10.3. The van der Waals surface area contributed by atoms with E-state index in [0.29, 0.717) is 23.7 Å². The van der Waals surface area contributed by atoms with Crippen molar-refractivity contribution >= 4 is 40.1 Å². The molecular weight excluding hydrogens is 272 g/mol. The molecule has 1 unspecified atom stereocenters. The standard InChI is InChI=1S/C11H18N2O3S2/c1-2-8-10(16)13(11(17)18-8)6-3-4-9(15)12-5-7-14/h8,14H,2-7H2,1H3,(H,12,15). The summed E-state index contributed by atoms with van der Waals surface area (Å²) in [7, 11) is 0. The van der Waals surface area contributed by atoms with Gasteiger partial charge in [-0.3, -0.25) is 14.5 Å². The number of hydrogen-bond acceptors (Lipinski definition) is 5. The minimum absolute atomic E-state index is 0.0549. The molecule has 0 saturated carbocycles. The maximum absolute atomic E-state index is 11.9. The fourth-order valence-electron chi connectivity index (χ4n) is 1.64. The van der Waals surface area contributed by atoms with Gasteiger partial charge in [0.15, 0.2) is 0 Å². The molecule has 0 aromatic carbocycles. The third-order valence-corrected chi connectivity index (χ3v) is 4.35. The molecule has 1 aliphatic rings. The topological polar surface area (TPSA) is 69.6 Å². The van der Waals surface area contributed by atoms with E-state index in [9.17, 15) is 9.59 Å². The first-order valence-electron chi connectivity index (χ1n) is 5.99. The number of thiocarbonyl (C=S) groups is 1. The van der Waals surface area contributed by atoms with E-state index in [0.717, 1.165) is 6.42 Å². The Morgan fingerprint density at radius 3 is 2.89 bits per heavy atom. The lowest BCUT2D eigenvalue weighted by Crippen LogP contribution is -2.33. The number of nitrogens with zero attached hydrogens (tertiary/aromatic N) is 1. The molecular formula is C11H18N2O3S2. The Labute approximate surface area is 116 Å². The highest BCUT2D eigenvalue weighted by Crippen LogP contribution is 2.29. The Balaban J connectivity index is 2.29. The van der Waals surface area contributed by atoms with Crippen LogP contribution in [0.2, 0.25) is 0 Å². The minimum Gasteiger partial charge on any atom is -0.395 e. The van der Waals surface area contributed by atoms with Crippen LogP contribution in [0.1, 0.15) is 26.2 Å². The number of aliphatic hydroxyl groups is 1. The van der Waals surface area contributed by atoms with Crippen molar-refractivity contribution in [1.29, 1.82) is 0 Å². The predicted molar refractivity (Wildman–Crippen MR) is 75.3 cm³/mol. The quantitative estimate of drug-likeness (QED) is 0.669. The summed E-state index contributed by atoms with van der Waals surface area (Å²) in [6.07, 6.45) is 1.70. The third kappa shape index (κ3) is 4.22. The van der Waals surface area contributed by atoms with Crippen molar-refractivity contribution in [2.75, 3.05) is 19.7 Å². The van der Waals surface area contributed by atoms with Crippen LogP contribution in [0.3, 0.4) is 0 Å². The lowest BCUT2D eigenvalue weighted by atomic mass is 10.2. The Hall–Kier alpha value is -0.660. The summed E-state index contributed by atoms with van der Waals surface area (Å²) in [5.74, 6) is -0.0513. The average Bonchev–Trinajstić information content (AvgIpc) is 2.63. The van der Waals surface area contributed by atoms with Gasteiger partial charge in [-0.15, -0.1) is 0 Å². The van der Waals surface area contributed by atoms with Crippen LogP contribution in [-0.2, 0) is 9.59 Å². The predicted octanol–water partition coefficient (Wildman–Crippen LogP) is 0.514. The second-order valence-electron chi connectivity index (χ2n) is 3.95. The van der Waals surface area contributed by atoms with Crippen molar-refractivity contribution in [2.24, 2.45) is 0 Å². The molecule has 1 saturated heterocycles. The van der Waals surface area contributed by atoms with Gasteiger partial charge in [-0.25, -0.2) is 0 Å². The first-order chi connectivity index (χ1) is 8.60. The van der Waals surface area contributed by atoms with Crippen molar-refractivity contribution in [3.8, 4) is 0 Å². The summed E-state index contributed by atoms with van der Waals surface area (Å²) in [5, 5.41) is 11.1. The second-order valence-corrected chi connectivity index (χ2v) is 5.78. The molecule has 2 N–H and O–H groups in total. The molecule has 1 atom stereocenters. The molecule has 1 fully saturated rings. The van der Waals surface area contributed by atoms with Gasteiger partial charge >= 0.3 is 0 Å². The summed E-state index contributed by atoms with van der Waals surface area (Å²) in [6, 6.07) is 0. The number of nitrogens with one attached hydrogen (secondary N) is 1. The van der Waals surface area contributed by atoms with Crippen LogP contribution in [0.15, 0.2) is 0 Å². The number of carbonyl (C=O) groups is 2. The van der Waals surface area contributed by atoms with Crippen LogP contribution < -0.4 is 5.32 Å². The molecule has 0 spiro atoms. The van der Waals surface area contributed by atoms with Gasteiger partial charge in [0.1, 0.15) is 4.32 Å². The normalized spacial score (nSPS) is 19.4. The van der Waals surface area contributed by atoms with E-state index < -0.39 is 0 Å². The van der Waals surface area contributed by atoms with E-state index in [4.69, 9.17) is 17.3 Å². The lowest BCUT2D eigenvalue weighted by molar-refractivity contribution is -0.127. The van der Waals surface area contributed by atoms with Crippen molar-refractivity contribution in [1.82, 2.24) is 10.2 Å². The Morgan fingerprint density at radius 1 is 1.61 bits per heavy atom. The van der Waals surface area contributed by atoms with Crippen LogP contribution in [0.25, 0.3) is 0 Å². The molecule has 0 aromatic rings. The number of carbonyl (C=O) groups excluding carboxylic acids is 2. The van der Waals surface area contributed by atoms with Gasteiger partial charge < -0.3 is 10.4 Å². The van der Waals surface area contributed by atoms with E-state index in [1.165, 1.54) is 11.8 Å². The Morgan fingerprint density at radius 2 is 2.33 bits per heavy atom. The molecule has 1 rings (SSSR count). The van der Waals surface area contributed by atoms with E-state index in [2.05, 4.69) is 5.32 Å². The number of hydrogen-bond donors (Lipinski definition) is 2. The largest absolute Gasteiger partial charge is 0.395 e. The summed E-state index contributed by atoms with van der Waals surface area (Å²) in [6.45, 7) is 2.67. The van der Waals surface area contributed by atoms with Crippen molar-refractivity contribution in [2.45, 2.75) is 31.4 Å². The second kappa shape index (κ2) is 7.70. The lowest BCUT2D eigenvalue weighted by Gasteiger charge is -2.14. The third-order valence-electron chi connectivity index (χ3n) is 2.60. The van der Waals surface area contributed by atoms with Crippen LogP contribution in [-0.4, -0.2) is 51.1 Å². The van der Waals surface area contributed by atoms with Gasteiger partial charge in [0.25, 0.3) is 0 Å². The van der Waals surface area contributed by atoms with Gasteiger partial charge in [-0.05, 0) is 12.8 Å². The van der Waals surface area contributed by atoms with E-state index in [1.807, 2.05) is 6.92 Å².